The normalized spacial score (nSPS) is 12.2. The highest BCUT2D eigenvalue weighted by molar-refractivity contribution is 7.81. The van der Waals surface area contributed by atoms with Crippen molar-refractivity contribution < 1.29 is 4.79 Å². The molecule has 0 aliphatic heterocycles. The second-order valence-electron chi connectivity index (χ2n) is 5.85. The third-order valence-electron chi connectivity index (χ3n) is 3.63. The Kier molecular flexibility index (Phi) is 6.08. The van der Waals surface area contributed by atoms with Crippen molar-refractivity contribution in [2.24, 2.45) is 5.92 Å². The summed E-state index contributed by atoms with van der Waals surface area (Å²) in [5.74, 6) is 0.302. The van der Waals surface area contributed by atoms with Crippen LogP contribution in [0.4, 0.5) is 0 Å². The van der Waals surface area contributed by atoms with E-state index < -0.39 is 0 Å². The lowest BCUT2D eigenvalue weighted by molar-refractivity contribution is -0.132. The third kappa shape index (κ3) is 4.63. The summed E-state index contributed by atoms with van der Waals surface area (Å²) in [7, 11) is 0. The molecule has 0 aliphatic rings. The molecule has 0 aromatic heterocycles. The molecule has 2 aromatic carbocycles. The number of nitrogens with zero attached hydrogens (tertiary/aromatic N) is 1. The van der Waals surface area contributed by atoms with E-state index >= 15 is 0 Å². The average molecular weight is 313 g/mol. The fraction of sp³-hybridized carbons (Fsp3) is 0.316. The second-order valence-corrected chi connectivity index (χ2v) is 6.41. The summed E-state index contributed by atoms with van der Waals surface area (Å²) in [5, 5.41) is -0.271. The summed E-state index contributed by atoms with van der Waals surface area (Å²) < 4.78 is 0. The number of benzene rings is 2. The fourth-order valence-corrected chi connectivity index (χ4v) is 2.45. The van der Waals surface area contributed by atoms with Gasteiger partial charge in [-0.25, -0.2) is 0 Å². The molecule has 2 aromatic rings. The number of hydrogen-bond donors (Lipinski definition) is 1. The summed E-state index contributed by atoms with van der Waals surface area (Å²) in [6, 6.07) is 20.2. The van der Waals surface area contributed by atoms with Gasteiger partial charge in [0.2, 0.25) is 5.91 Å². The van der Waals surface area contributed by atoms with Crippen LogP contribution in [0.1, 0.15) is 25.0 Å². The molecule has 22 heavy (non-hydrogen) atoms. The Labute approximate surface area is 138 Å². The van der Waals surface area contributed by atoms with Crippen LogP contribution in [0.25, 0.3) is 0 Å². The predicted octanol–water partition coefficient (Wildman–Crippen LogP) is 4.17. The Balaban J connectivity index is 2.18. The largest absolute Gasteiger partial charge is 0.333 e. The van der Waals surface area contributed by atoms with Crippen LogP contribution < -0.4 is 0 Å². The average Bonchev–Trinajstić information content (AvgIpc) is 2.54. The van der Waals surface area contributed by atoms with Crippen molar-refractivity contribution in [2.75, 3.05) is 0 Å². The molecule has 2 rings (SSSR count). The maximum Gasteiger partial charge on any atom is 0.236 e. The van der Waals surface area contributed by atoms with E-state index in [-0.39, 0.29) is 17.1 Å². The Morgan fingerprint density at radius 1 is 0.909 bits per heavy atom. The zero-order valence-corrected chi connectivity index (χ0v) is 14.0. The molecule has 0 saturated heterocycles. The molecule has 1 unspecified atom stereocenters. The van der Waals surface area contributed by atoms with Crippen LogP contribution in [-0.4, -0.2) is 16.1 Å². The predicted molar refractivity (Wildman–Crippen MR) is 94.8 cm³/mol. The van der Waals surface area contributed by atoms with Gasteiger partial charge in [0, 0.05) is 13.1 Å². The summed E-state index contributed by atoms with van der Waals surface area (Å²) >= 11 is 4.50. The topological polar surface area (TPSA) is 20.3 Å². The highest BCUT2D eigenvalue weighted by Gasteiger charge is 2.24. The van der Waals surface area contributed by atoms with Gasteiger partial charge in [0.15, 0.2) is 0 Å². The van der Waals surface area contributed by atoms with E-state index in [0.29, 0.717) is 13.1 Å². The van der Waals surface area contributed by atoms with Gasteiger partial charge in [-0.1, -0.05) is 74.5 Å². The Morgan fingerprint density at radius 2 is 1.32 bits per heavy atom. The van der Waals surface area contributed by atoms with Crippen molar-refractivity contribution in [3.63, 3.8) is 0 Å². The summed E-state index contributed by atoms with van der Waals surface area (Å²) in [6.07, 6.45) is 0. The standard InChI is InChI=1S/C19H23NOS/c1-15(2)18(22)19(21)20(13-16-9-5-3-6-10-16)14-17-11-7-4-8-12-17/h3-12,15,18,22H,13-14H2,1-2H3. The molecule has 0 heterocycles. The van der Waals surface area contributed by atoms with Gasteiger partial charge in [0.05, 0.1) is 5.25 Å². The molecule has 0 fully saturated rings. The summed E-state index contributed by atoms with van der Waals surface area (Å²) in [4.78, 5) is 14.6. The van der Waals surface area contributed by atoms with E-state index in [0.717, 1.165) is 11.1 Å². The van der Waals surface area contributed by atoms with Crippen LogP contribution >= 0.6 is 12.6 Å². The molecular weight excluding hydrogens is 290 g/mol. The number of hydrogen-bond acceptors (Lipinski definition) is 2. The van der Waals surface area contributed by atoms with Gasteiger partial charge in [0.1, 0.15) is 0 Å². The Morgan fingerprint density at radius 3 is 1.68 bits per heavy atom. The van der Waals surface area contributed by atoms with Gasteiger partial charge in [-0.05, 0) is 17.0 Å². The Hall–Kier alpha value is -1.74. The number of thiol groups is 1. The SMILES string of the molecule is CC(C)C(S)C(=O)N(Cc1ccccc1)Cc1ccccc1. The van der Waals surface area contributed by atoms with Crippen LogP contribution in [-0.2, 0) is 17.9 Å². The van der Waals surface area contributed by atoms with Gasteiger partial charge < -0.3 is 4.90 Å². The van der Waals surface area contributed by atoms with Crippen LogP contribution in [0.5, 0.6) is 0 Å². The number of rotatable bonds is 6. The number of amides is 1. The van der Waals surface area contributed by atoms with Crippen molar-refractivity contribution >= 4 is 18.5 Å². The van der Waals surface area contributed by atoms with Crippen molar-refractivity contribution in [3.8, 4) is 0 Å². The molecule has 0 bridgehead atoms. The molecule has 0 radical (unpaired) electrons. The quantitative estimate of drug-likeness (QED) is 0.794. The first kappa shape index (κ1) is 16.6. The lowest BCUT2D eigenvalue weighted by Crippen LogP contribution is -2.38. The number of carbonyl (C=O) groups excluding carboxylic acids is 1. The van der Waals surface area contributed by atoms with E-state index in [1.165, 1.54) is 0 Å². The van der Waals surface area contributed by atoms with E-state index in [2.05, 4.69) is 12.6 Å². The zero-order chi connectivity index (χ0) is 15.9. The summed E-state index contributed by atoms with van der Waals surface area (Å²) in [5.41, 5.74) is 2.27. The zero-order valence-electron chi connectivity index (χ0n) is 13.1. The first-order valence-corrected chi connectivity index (χ1v) is 8.14. The fourth-order valence-electron chi connectivity index (χ4n) is 2.29. The molecule has 0 aliphatic carbocycles. The van der Waals surface area contributed by atoms with Gasteiger partial charge in [-0.15, -0.1) is 0 Å². The molecule has 0 spiro atoms. The molecule has 0 saturated carbocycles. The molecule has 1 amide bonds. The van der Waals surface area contributed by atoms with Crippen molar-refractivity contribution in [2.45, 2.75) is 32.2 Å². The van der Waals surface area contributed by atoms with E-state index in [4.69, 9.17) is 0 Å². The number of carbonyl (C=O) groups is 1. The lowest BCUT2D eigenvalue weighted by Gasteiger charge is -2.27. The van der Waals surface area contributed by atoms with Crippen LogP contribution in [0.15, 0.2) is 60.7 Å². The van der Waals surface area contributed by atoms with Crippen LogP contribution in [0, 0.1) is 5.92 Å². The van der Waals surface area contributed by atoms with Gasteiger partial charge in [0.25, 0.3) is 0 Å². The minimum Gasteiger partial charge on any atom is -0.333 e. The van der Waals surface area contributed by atoms with Crippen molar-refractivity contribution in [1.29, 1.82) is 0 Å². The van der Waals surface area contributed by atoms with E-state index in [1.807, 2.05) is 79.4 Å². The highest BCUT2D eigenvalue weighted by atomic mass is 32.1. The third-order valence-corrected chi connectivity index (χ3v) is 4.45. The molecule has 2 nitrogen and oxygen atoms in total. The van der Waals surface area contributed by atoms with Crippen LogP contribution in [0.3, 0.4) is 0 Å². The minimum atomic E-state index is -0.271. The second kappa shape index (κ2) is 8.04. The molecule has 0 N–H and O–H groups in total. The van der Waals surface area contributed by atoms with Crippen LogP contribution in [0.2, 0.25) is 0 Å². The van der Waals surface area contributed by atoms with Gasteiger partial charge in [-0.3, -0.25) is 4.79 Å². The first-order valence-electron chi connectivity index (χ1n) is 7.62. The monoisotopic (exact) mass is 313 g/mol. The smallest absolute Gasteiger partial charge is 0.236 e. The molecule has 3 heteroatoms. The summed E-state index contributed by atoms with van der Waals surface area (Å²) in [6.45, 7) is 5.27. The van der Waals surface area contributed by atoms with E-state index in [9.17, 15) is 4.79 Å². The molecule has 116 valence electrons. The maximum atomic E-state index is 12.7. The van der Waals surface area contributed by atoms with Gasteiger partial charge in [-0.2, -0.15) is 12.6 Å². The van der Waals surface area contributed by atoms with E-state index in [1.54, 1.807) is 0 Å². The maximum absolute atomic E-state index is 12.7. The van der Waals surface area contributed by atoms with Crippen molar-refractivity contribution in [1.82, 2.24) is 4.90 Å². The van der Waals surface area contributed by atoms with Gasteiger partial charge >= 0.3 is 0 Å². The molecule has 1 atom stereocenters. The van der Waals surface area contributed by atoms with Crippen molar-refractivity contribution in [3.05, 3.63) is 71.8 Å². The Bertz CT molecular complexity index is 541. The lowest BCUT2D eigenvalue weighted by atomic mass is 10.1. The first-order chi connectivity index (χ1) is 10.6. The minimum absolute atomic E-state index is 0.0889. The highest BCUT2D eigenvalue weighted by Crippen LogP contribution is 2.17. The molecular formula is C19H23NOS.